The van der Waals surface area contributed by atoms with Crippen molar-refractivity contribution in [2.45, 2.75) is 19.5 Å². The zero-order valence-corrected chi connectivity index (χ0v) is 16.6. The maximum atomic E-state index is 13.0. The zero-order valence-electron chi connectivity index (χ0n) is 15.9. The van der Waals surface area contributed by atoms with Crippen LogP contribution in [0.25, 0.3) is 0 Å². The Bertz CT molecular complexity index is 894. The van der Waals surface area contributed by atoms with E-state index in [1.165, 1.54) is 30.3 Å². The van der Waals surface area contributed by atoms with Crippen LogP contribution in [0.1, 0.15) is 12.5 Å². The molecule has 0 N–H and O–H groups in total. The third kappa shape index (κ3) is 5.42. The van der Waals surface area contributed by atoms with Crippen molar-refractivity contribution in [3.05, 3.63) is 69.0 Å². The molecule has 0 radical (unpaired) electrons. The predicted octanol–water partition coefficient (Wildman–Crippen LogP) is 3.50. The van der Waals surface area contributed by atoms with E-state index in [0.29, 0.717) is 26.2 Å². The van der Waals surface area contributed by atoms with Crippen LogP contribution in [0.2, 0.25) is 5.02 Å². The molecule has 7 nitrogen and oxygen atoms in total. The number of nitrogens with zero attached hydrogens (tertiary/aromatic N) is 3. The molecule has 2 aromatic carbocycles. The number of nitro groups is 1. The average molecular weight is 422 g/mol. The highest BCUT2D eigenvalue weighted by Crippen LogP contribution is 2.30. The van der Waals surface area contributed by atoms with Crippen LogP contribution < -0.4 is 4.74 Å². The summed E-state index contributed by atoms with van der Waals surface area (Å²) in [5.74, 6) is -0.489. The number of ether oxygens (including phenoxy) is 1. The first kappa shape index (κ1) is 21.0. The van der Waals surface area contributed by atoms with E-state index >= 15 is 0 Å². The van der Waals surface area contributed by atoms with Gasteiger partial charge < -0.3 is 9.64 Å². The topological polar surface area (TPSA) is 75.9 Å². The van der Waals surface area contributed by atoms with Gasteiger partial charge in [0.1, 0.15) is 5.82 Å². The monoisotopic (exact) mass is 421 g/mol. The van der Waals surface area contributed by atoms with Crippen molar-refractivity contribution in [3.8, 4) is 5.75 Å². The molecule has 1 atom stereocenters. The number of carbonyl (C=O) groups is 1. The fourth-order valence-corrected chi connectivity index (χ4v) is 3.54. The maximum Gasteiger partial charge on any atom is 0.312 e. The van der Waals surface area contributed by atoms with Crippen molar-refractivity contribution >= 4 is 23.2 Å². The van der Waals surface area contributed by atoms with Crippen LogP contribution in [0.15, 0.2) is 42.5 Å². The fraction of sp³-hybridized carbons (Fsp3) is 0.350. The van der Waals surface area contributed by atoms with Gasteiger partial charge in [0.25, 0.3) is 5.91 Å². The summed E-state index contributed by atoms with van der Waals surface area (Å²) in [7, 11) is 0. The normalized spacial score (nSPS) is 17.2. The molecule has 29 heavy (non-hydrogen) atoms. The summed E-state index contributed by atoms with van der Waals surface area (Å²) in [6.45, 7) is 4.20. The number of nitro benzene ring substituents is 1. The van der Waals surface area contributed by atoms with Gasteiger partial charge in [-0.1, -0.05) is 23.7 Å². The largest absolute Gasteiger partial charge is 0.477 e. The van der Waals surface area contributed by atoms with E-state index in [1.54, 1.807) is 17.0 Å². The Hall–Kier alpha value is -2.71. The number of rotatable bonds is 6. The van der Waals surface area contributed by atoms with E-state index in [9.17, 15) is 19.3 Å². The van der Waals surface area contributed by atoms with Crippen LogP contribution in [-0.4, -0.2) is 52.9 Å². The molecule has 2 aromatic rings. The molecule has 1 aliphatic rings. The Morgan fingerprint density at radius 1 is 1.28 bits per heavy atom. The van der Waals surface area contributed by atoms with Gasteiger partial charge in [-0.3, -0.25) is 19.8 Å². The number of carbonyl (C=O) groups excluding carboxylic acids is 1. The molecular weight excluding hydrogens is 401 g/mol. The quantitative estimate of drug-likeness (QED) is 0.527. The minimum Gasteiger partial charge on any atom is -0.477 e. The van der Waals surface area contributed by atoms with E-state index in [1.807, 2.05) is 6.92 Å². The van der Waals surface area contributed by atoms with Crippen molar-refractivity contribution in [1.82, 2.24) is 9.80 Å². The zero-order chi connectivity index (χ0) is 21.0. The molecule has 1 amide bonds. The van der Waals surface area contributed by atoms with Gasteiger partial charge in [-0.25, -0.2) is 4.39 Å². The molecule has 0 aliphatic carbocycles. The average Bonchev–Trinajstić information content (AvgIpc) is 2.68. The highest BCUT2D eigenvalue weighted by atomic mass is 35.5. The molecule has 3 rings (SSSR count). The molecule has 1 heterocycles. The Morgan fingerprint density at radius 3 is 2.66 bits per heavy atom. The Kier molecular flexibility index (Phi) is 6.66. The smallest absolute Gasteiger partial charge is 0.312 e. The number of benzene rings is 2. The number of hydrogen-bond donors (Lipinski definition) is 0. The van der Waals surface area contributed by atoms with E-state index in [2.05, 4.69) is 4.90 Å². The first-order valence-corrected chi connectivity index (χ1v) is 9.54. The summed E-state index contributed by atoms with van der Waals surface area (Å²) in [6.07, 6.45) is 0. The van der Waals surface area contributed by atoms with Crippen LogP contribution in [0.3, 0.4) is 0 Å². The van der Waals surface area contributed by atoms with Crippen LogP contribution in [0.5, 0.6) is 5.75 Å². The molecule has 1 aliphatic heterocycles. The molecule has 154 valence electrons. The van der Waals surface area contributed by atoms with Crippen LogP contribution in [0, 0.1) is 15.9 Å². The van der Waals surface area contributed by atoms with Crippen molar-refractivity contribution in [2.75, 3.05) is 26.2 Å². The lowest BCUT2D eigenvalue weighted by Crippen LogP contribution is -2.54. The van der Waals surface area contributed by atoms with Crippen molar-refractivity contribution in [3.63, 3.8) is 0 Å². The molecule has 0 spiro atoms. The summed E-state index contributed by atoms with van der Waals surface area (Å²) in [4.78, 5) is 27.0. The summed E-state index contributed by atoms with van der Waals surface area (Å²) >= 11 is 5.79. The van der Waals surface area contributed by atoms with Crippen LogP contribution in [0.4, 0.5) is 10.1 Å². The molecule has 0 aromatic heterocycles. The Labute approximate surface area is 172 Å². The number of amides is 1. The van der Waals surface area contributed by atoms with Gasteiger partial charge in [-0.15, -0.1) is 0 Å². The molecule has 9 heteroatoms. The van der Waals surface area contributed by atoms with Gasteiger partial charge in [0.05, 0.1) is 4.92 Å². The summed E-state index contributed by atoms with van der Waals surface area (Å²) in [5, 5.41) is 11.3. The minimum atomic E-state index is -0.595. The third-order valence-electron chi connectivity index (χ3n) is 4.82. The van der Waals surface area contributed by atoms with Crippen molar-refractivity contribution in [2.24, 2.45) is 0 Å². The highest BCUT2D eigenvalue weighted by molar-refractivity contribution is 6.30. The minimum absolute atomic E-state index is 0.00958. The SMILES string of the molecule is CC1CN(Cc2ccc(F)cc2)CCN1C(=O)COc1ccc(Cl)cc1[N+](=O)[O-]. The lowest BCUT2D eigenvalue weighted by Gasteiger charge is -2.39. The maximum absolute atomic E-state index is 13.0. The van der Waals surface area contributed by atoms with Gasteiger partial charge in [-0.05, 0) is 36.8 Å². The van der Waals surface area contributed by atoms with Gasteiger partial charge in [0.2, 0.25) is 0 Å². The van der Waals surface area contributed by atoms with E-state index in [4.69, 9.17) is 16.3 Å². The predicted molar refractivity (Wildman–Crippen MR) is 106 cm³/mol. The van der Waals surface area contributed by atoms with E-state index in [-0.39, 0.29) is 40.8 Å². The molecular formula is C20H21ClFN3O4. The highest BCUT2D eigenvalue weighted by Gasteiger charge is 2.28. The van der Waals surface area contributed by atoms with E-state index < -0.39 is 4.92 Å². The number of piperazine rings is 1. The summed E-state index contributed by atoms with van der Waals surface area (Å²) in [6, 6.07) is 10.4. The van der Waals surface area contributed by atoms with Gasteiger partial charge in [-0.2, -0.15) is 0 Å². The molecule has 1 saturated heterocycles. The first-order chi connectivity index (χ1) is 13.8. The van der Waals surface area contributed by atoms with Gasteiger partial charge >= 0.3 is 5.69 Å². The van der Waals surface area contributed by atoms with Crippen molar-refractivity contribution < 1.29 is 18.8 Å². The van der Waals surface area contributed by atoms with Crippen LogP contribution >= 0.6 is 11.6 Å². The Morgan fingerprint density at radius 2 is 2.00 bits per heavy atom. The third-order valence-corrected chi connectivity index (χ3v) is 5.06. The second-order valence-electron chi connectivity index (χ2n) is 6.96. The van der Waals surface area contributed by atoms with Crippen molar-refractivity contribution in [1.29, 1.82) is 0 Å². The molecule has 1 fully saturated rings. The number of hydrogen-bond acceptors (Lipinski definition) is 5. The molecule has 0 saturated carbocycles. The first-order valence-electron chi connectivity index (χ1n) is 9.16. The lowest BCUT2D eigenvalue weighted by atomic mass is 10.1. The van der Waals surface area contributed by atoms with Gasteiger partial charge in [0.15, 0.2) is 12.4 Å². The fourth-order valence-electron chi connectivity index (χ4n) is 3.37. The van der Waals surface area contributed by atoms with Gasteiger partial charge in [0, 0.05) is 43.3 Å². The summed E-state index contributed by atoms with van der Waals surface area (Å²) < 4.78 is 18.4. The molecule has 1 unspecified atom stereocenters. The standard InChI is InChI=1S/C20H21ClFN3O4/c1-14-11-23(12-15-2-5-17(22)6-3-15)8-9-24(14)20(26)13-29-19-7-4-16(21)10-18(19)25(27)28/h2-7,10,14H,8-9,11-13H2,1H3. The summed E-state index contributed by atoms with van der Waals surface area (Å²) in [5.41, 5.74) is 0.735. The molecule has 0 bridgehead atoms. The lowest BCUT2D eigenvalue weighted by molar-refractivity contribution is -0.385. The Balaban J connectivity index is 1.55. The second-order valence-corrected chi connectivity index (χ2v) is 7.39. The van der Waals surface area contributed by atoms with E-state index in [0.717, 1.165) is 5.56 Å². The van der Waals surface area contributed by atoms with Crippen LogP contribution in [-0.2, 0) is 11.3 Å². The second kappa shape index (κ2) is 9.19. The number of halogens is 2.